The van der Waals surface area contributed by atoms with E-state index in [1.54, 1.807) is 24.2 Å². The normalized spacial score (nSPS) is 13.1. The van der Waals surface area contributed by atoms with E-state index in [1.807, 2.05) is 6.92 Å². The fourth-order valence-corrected chi connectivity index (χ4v) is 2.45. The number of aromatic nitrogens is 1. The van der Waals surface area contributed by atoms with Crippen LogP contribution in [0.3, 0.4) is 0 Å². The summed E-state index contributed by atoms with van der Waals surface area (Å²) in [7, 11) is -1.59. The zero-order valence-electron chi connectivity index (χ0n) is 10.7. The second-order valence-electron chi connectivity index (χ2n) is 4.29. The molecule has 0 amide bonds. The van der Waals surface area contributed by atoms with E-state index >= 15 is 0 Å². The minimum Gasteiger partial charge on any atom is -0.388 e. The van der Waals surface area contributed by atoms with Crippen molar-refractivity contribution in [2.75, 3.05) is 18.2 Å². The molecule has 1 unspecified atom stereocenters. The molecule has 0 spiro atoms. The summed E-state index contributed by atoms with van der Waals surface area (Å²) < 4.78 is 23.3. The Kier molecular flexibility index (Phi) is 4.28. The van der Waals surface area contributed by atoms with Gasteiger partial charge in [-0.1, -0.05) is 0 Å². The molecule has 1 heterocycles. The summed E-state index contributed by atoms with van der Waals surface area (Å²) >= 11 is 0. The van der Waals surface area contributed by atoms with Gasteiger partial charge in [-0.3, -0.25) is 5.41 Å². The van der Waals surface area contributed by atoms with Crippen molar-refractivity contribution in [1.82, 2.24) is 4.98 Å². The average Bonchev–Trinajstić information content (AvgIpc) is 2.26. The van der Waals surface area contributed by atoms with Crippen molar-refractivity contribution in [2.45, 2.75) is 24.3 Å². The second kappa shape index (κ2) is 5.34. The average molecular weight is 270 g/mol. The maximum atomic E-state index is 11.7. The van der Waals surface area contributed by atoms with Crippen LogP contribution in [0.4, 0.5) is 5.82 Å². The summed E-state index contributed by atoms with van der Waals surface area (Å²) in [4.78, 5) is 6.01. The van der Waals surface area contributed by atoms with Crippen LogP contribution in [0.5, 0.6) is 0 Å². The largest absolute Gasteiger partial charge is 0.388 e. The molecule has 0 aliphatic carbocycles. The number of nitrogens with two attached hydrogens (primary N) is 1. The molecule has 0 bridgehead atoms. The van der Waals surface area contributed by atoms with Gasteiger partial charge in [-0.2, -0.15) is 0 Å². The summed E-state index contributed by atoms with van der Waals surface area (Å²) in [5.41, 5.74) is 5.35. The minimum atomic E-state index is -3.33. The Morgan fingerprint density at radius 3 is 2.72 bits per heavy atom. The molecule has 1 atom stereocenters. The lowest BCUT2D eigenvalue weighted by atomic mass is 10.2. The fourth-order valence-electron chi connectivity index (χ4n) is 1.60. The SMILES string of the molecule is CC(CC(=N)N)N(C)c1ncccc1S(C)(=O)=O. The summed E-state index contributed by atoms with van der Waals surface area (Å²) in [6.45, 7) is 1.86. The van der Waals surface area contributed by atoms with Gasteiger partial charge in [0.1, 0.15) is 10.7 Å². The van der Waals surface area contributed by atoms with E-state index in [0.29, 0.717) is 12.2 Å². The molecule has 0 saturated heterocycles. The first kappa shape index (κ1) is 14.4. The molecule has 1 rings (SSSR count). The number of pyridine rings is 1. The Labute approximate surface area is 107 Å². The van der Waals surface area contributed by atoms with Gasteiger partial charge in [0.2, 0.25) is 0 Å². The lowest BCUT2D eigenvalue weighted by Gasteiger charge is -2.26. The standard InChI is InChI=1S/C11H18N4O2S/c1-8(7-10(12)13)15(2)11-9(18(3,16)17)5-4-6-14-11/h4-6,8H,7H2,1-3H3,(H3,12,13). The first-order valence-corrected chi connectivity index (χ1v) is 7.33. The number of sulfone groups is 1. The molecule has 100 valence electrons. The molecule has 0 aliphatic heterocycles. The van der Waals surface area contributed by atoms with Crippen LogP contribution in [0, 0.1) is 5.41 Å². The molecule has 1 aromatic heterocycles. The molecule has 0 saturated carbocycles. The number of nitrogens with one attached hydrogen (secondary N) is 1. The summed E-state index contributed by atoms with van der Waals surface area (Å²) in [5.74, 6) is 0.444. The van der Waals surface area contributed by atoms with Crippen LogP contribution in [0.25, 0.3) is 0 Å². The smallest absolute Gasteiger partial charge is 0.179 e. The van der Waals surface area contributed by atoms with Crippen molar-refractivity contribution in [2.24, 2.45) is 5.73 Å². The first-order valence-electron chi connectivity index (χ1n) is 5.44. The van der Waals surface area contributed by atoms with Crippen molar-refractivity contribution in [3.63, 3.8) is 0 Å². The Morgan fingerprint density at radius 1 is 1.61 bits per heavy atom. The molecule has 0 fully saturated rings. The van der Waals surface area contributed by atoms with Crippen LogP contribution in [0.2, 0.25) is 0 Å². The van der Waals surface area contributed by atoms with E-state index in [9.17, 15) is 8.42 Å². The summed E-state index contributed by atoms with van der Waals surface area (Å²) in [5, 5.41) is 7.27. The lowest BCUT2D eigenvalue weighted by Crippen LogP contribution is -2.34. The van der Waals surface area contributed by atoms with E-state index in [1.165, 1.54) is 6.07 Å². The predicted molar refractivity (Wildman–Crippen MR) is 71.7 cm³/mol. The second-order valence-corrected chi connectivity index (χ2v) is 6.27. The van der Waals surface area contributed by atoms with E-state index in [4.69, 9.17) is 11.1 Å². The third-order valence-corrected chi connectivity index (χ3v) is 3.78. The Morgan fingerprint density at radius 2 is 2.22 bits per heavy atom. The molecule has 3 N–H and O–H groups in total. The first-order chi connectivity index (χ1) is 8.23. The predicted octanol–water partition coefficient (Wildman–Crippen LogP) is 0.636. The highest BCUT2D eigenvalue weighted by atomic mass is 32.2. The zero-order valence-corrected chi connectivity index (χ0v) is 11.5. The molecule has 18 heavy (non-hydrogen) atoms. The van der Waals surface area contributed by atoms with Crippen molar-refractivity contribution in [1.29, 1.82) is 5.41 Å². The van der Waals surface area contributed by atoms with Crippen LogP contribution in [-0.4, -0.2) is 38.6 Å². The molecule has 0 radical (unpaired) electrons. The van der Waals surface area contributed by atoms with Crippen molar-refractivity contribution in [3.8, 4) is 0 Å². The van der Waals surface area contributed by atoms with Gasteiger partial charge in [0, 0.05) is 32.0 Å². The fraction of sp³-hybridized carbons (Fsp3) is 0.455. The van der Waals surface area contributed by atoms with E-state index < -0.39 is 9.84 Å². The summed E-state index contributed by atoms with van der Waals surface area (Å²) in [6, 6.07) is 3.01. The molecule has 0 aliphatic rings. The Balaban J connectivity index is 3.14. The monoisotopic (exact) mass is 270 g/mol. The quantitative estimate of drug-likeness (QED) is 0.604. The van der Waals surface area contributed by atoms with Crippen LogP contribution >= 0.6 is 0 Å². The van der Waals surface area contributed by atoms with Crippen LogP contribution in [0.15, 0.2) is 23.2 Å². The Hall–Kier alpha value is -1.63. The van der Waals surface area contributed by atoms with Gasteiger partial charge in [-0.25, -0.2) is 13.4 Å². The number of rotatable bonds is 5. The van der Waals surface area contributed by atoms with Crippen molar-refractivity contribution < 1.29 is 8.42 Å². The van der Waals surface area contributed by atoms with Gasteiger partial charge < -0.3 is 10.6 Å². The molecular weight excluding hydrogens is 252 g/mol. The zero-order chi connectivity index (χ0) is 13.9. The van der Waals surface area contributed by atoms with E-state index in [0.717, 1.165) is 6.26 Å². The van der Waals surface area contributed by atoms with Gasteiger partial charge in [0.15, 0.2) is 9.84 Å². The minimum absolute atomic E-state index is 0.0613. The maximum Gasteiger partial charge on any atom is 0.179 e. The topological polar surface area (TPSA) is 100 Å². The van der Waals surface area contributed by atoms with Crippen LogP contribution in [-0.2, 0) is 9.84 Å². The van der Waals surface area contributed by atoms with Gasteiger partial charge >= 0.3 is 0 Å². The number of amidine groups is 1. The molecule has 1 aromatic rings. The van der Waals surface area contributed by atoms with Crippen molar-refractivity contribution >= 4 is 21.5 Å². The molecule has 0 aromatic carbocycles. The third kappa shape index (κ3) is 3.43. The van der Waals surface area contributed by atoms with Crippen LogP contribution < -0.4 is 10.6 Å². The van der Waals surface area contributed by atoms with E-state index in [-0.39, 0.29) is 16.8 Å². The van der Waals surface area contributed by atoms with Gasteiger partial charge in [0.05, 0.1) is 5.84 Å². The number of anilines is 1. The Bertz CT molecular complexity index is 542. The highest BCUT2D eigenvalue weighted by Gasteiger charge is 2.20. The molecular formula is C11H18N4O2S. The lowest BCUT2D eigenvalue weighted by molar-refractivity contribution is 0.600. The number of nitrogens with zero attached hydrogens (tertiary/aromatic N) is 2. The maximum absolute atomic E-state index is 11.7. The number of hydrogen-bond acceptors (Lipinski definition) is 5. The van der Waals surface area contributed by atoms with Gasteiger partial charge in [-0.05, 0) is 19.1 Å². The third-order valence-electron chi connectivity index (χ3n) is 2.66. The highest BCUT2D eigenvalue weighted by Crippen LogP contribution is 2.23. The van der Waals surface area contributed by atoms with Crippen molar-refractivity contribution in [3.05, 3.63) is 18.3 Å². The van der Waals surface area contributed by atoms with E-state index in [2.05, 4.69) is 4.98 Å². The van der Waals surface area contributed by atoms with Gasteiger partial charge in [-0.15, -0.1) is 0 Å². The van der Waals surface area contributed by atoms with Crippen LogP contribution in [0.1, 0.15) is 13.3 Å². The highest BCUT2D eigenvalue weighted by molar-refractivity contribution is 7.90. The van der Waals surface area contributed by atoms with Gasteiger partial charge in [0.25, 0.3) is 0 Å². The molecule has 6 nitrogen and oxygen atoms in total. The summed E-state index contributed by atoms with van der Waals surface area (Å²) in [6.07, 6.45) is 3.05. The number of hydrogen-bond donors (Lipinski definition) is 2. The molecule has 7 heteroatoms.